The van der Waals surface area contributed by atoms with Gasteiger partial charge in [0.25, 0.3) is 0 Å². The number of piperidine rings is 2. The van der Waals surface area contributed by atoms with Crippen LogP contribution in [0.5, 0.6) is 0 Å². The molecule has 2 bridgehead atoms. The topological polar surface area (TPSA) is 46.6 Å². The number of Topliss-reactive ketones (excluding diaryl/α,β-unsaturated/α-hetero) is 1. The highest BCUT2D eigenvalue weighted by Gasteiger charge is 2.43. The first-order valence-corrected chi connectivity index (χ1v) is 6.42. The van der Waals surface area contributed by atoms with Gasteiger partial charge in [-0.05, 0) is 46.5 Å². The summed E-state index contributed by atoms with van der Waals surface area (Å²) >= 11 is 0. The number of rotatable bonds is 0. The monoisotopic (exact) mass is 239 g/mol. The third-order valence-electron chi connectivity index (χ3n) is 3.44. The maximum atomic E-state index is 12.1. The lowest BCUT2D eigenvalue weighted by Gasteiger charge is -2.44. The summed E-state index contributed by atoms with van der Waals surface area (Å²) in [6, 6.07) is -0.0151. The number of nitrogens with zero attached hydrogens (tertiary/aromatic N) is 1. The minimum atomic E-state index is -0.494. The van der Waals surface area contributed by atoms with Gasteiger partial charge in [0.1, 0.15) is 5.60 Å². The van der Waals surface area contributed by atoms with E-state index in [0.29, 0.717) is 6.42 Å². The standard InChI is InChI=1S/C13H21NO3/c1-13(2,3)17-12(16)14-9-5-4-6-10(14)11(15)8-7-9/h9-10H,4-8H2,1-3H3/t9-,10-/m1/s1. The Balaban J connectivity index is 2.13. The first-order chi connectivity index (χ1) is 7.88. The van der Waals surface area contributed by atoms with Crippen molar-refractivity contribution in [3.8, 4) is 0 Å². The van der Waals surface area contributed by atoms with Crippen molar-refractivity contribution in [2.45, 2.75) is 70.6 Å². The number of hydrogen-bond acceptors (Lipinski definition) is 3. The molecule has 0 aromatic carbocycles. The molecule has 0 radical (unpaired) electrons. The maximum Gasteiger partial charge on any atom is 0.411 e. The molecule has 0 aromatic heterocycles. The molecule has 2 atom stereocenters. The average molecular weight is 239 g/mol. The van der Waals surface area contributed by atoms with E-state index in [9.17, 15) is 9.59 Å². The first kappa shape index (κ1) is 12.4. The van der Waals surface area contributed by atoms with Crippen molar-refractivity contribution in [3.63, 3.8) is 0 Å². The highest BCUT2D eigenvalue weighted by molar-refractivity contribution is 5.89. The molecule has 1 amide bonds. The second-order valence-corrected chi connectivity index (χ2v) is 5.99. The van der Waals surface area contributed by atoms with Gasteiger partial charge >= 0.3 is 6.09 Å². The van der Waals surface area contributed by atoms with Gasteiger partial charge in [-0.15, -0.1) is 0 Å². The second kappa shape index (κ2) is 4.31. The number of carbonyl (C=O) groups excluding carboxylic acids is 2. The molecule has 2 heterocycles. The molecule has 2 fully saturated rings. The lowest BCUT2D eigenvalue weighted by molar-refractivity contribution is -0.131. The van der Waals surface area contributed by atoms with Crippen molar-refractivity contribution in [3.05, 3.63) is 0 Å². The van der Waals surface area contributed by atoms with E-state index in [0.717, 1.165) is 25.7 Å². The molecular formula is C13H21NO3. The Kier molecular flexibility index (Phi) is 3.15. The third-order valence-corrected chi connectivity index (χ3v) is 3.44. The molecule has 0 N–H and O–H groups in total. The summed E-state index contributed by atoms with van der Waals surface area (Å²) in [6.45, 7) is 5.56. The molecule has 96 valence electrons. The van der Waals surface area contributed by atoms with Gasteiger partial charge in [-0.2, -0.15) is 0 Å². The lowest BCUT2D eigenvalue weighted by Crippen LogP contribution is -2.57. The van der Waals surface area contributed by atoms with E-state index in [-0.39, 0.29) is 24.0 Å². The molecule has 0 aliphatic carbocycles. The van der Waals surface area contributed by atoms with E-state index in [1.54, 1.807) is 4.90 Å². The molecule has 0 aromatic rings. The number of fused-ring (bicyclic) bond motifs is 2. The van der Waals surface area contributed by atoms with Gasteiger partial charge in [0.05, 0.1) is 6.04 Å². The summed E-state index contributed by atoms with van der Waals surface area (Å²) in [6.07, 6.45) is 3.95. The zero-order chi connectivity index (χ0) is 12.6. The molecule has 0 unspecified atom stereocenters. The second-order valence-electron chi connectivity index (χ2n) is 5.99. The normalized spacial score (nSPS) is 29.1. The van der Waals surface area contributed by atoms with Crippen molar-refractivity contribution in [2.24, 2.45) is 0 Å². The predicted octanol–water partition coefficient (Wildman–Crippen LogP) is 2.51. The van der Waals surface area contributed by atoms with Crippen LogP contribution in [0.4, 0.5) is 4.79 Å². The van der Waals surface area contributed by atoms with Crippen molar-refractivity contribution in [1.82, 2.24) is 4.90 Å². The lowest BCUT2D eigenvalue weighted by atomic mass is 9.84. The Morgan fingerprint density at radius 2 is 2.00 bits per heavy atom. The Hall–Kier alpha value is -1.06. The minimum absolute atomic E-state index is 0.201. The van der Waals surface area contributed by atoms with Gasteiger partial charge in [-0.1, -0.05) is 0 Å². The largest absolute Gasteiger partial charge is 0.444 e. The van der Waals surface area contributed by atoms with Crippen molar-refractivity contribution in [2.75, 3.05) is 0 Å². The van der Waals surface area contributed by atoms with Crippen LogP contribution >= 0.6 is 0 Å². The van der Waals surface area contributed by atoms with Gasteiger partial charge in [-0.3, -0.25) is 9.69 Å². The van der Waals surface area contributed by atoms with E-state index >= 15 is 0 Å². The zero-order valence-electron chi connectivity index (χ0n) is 10.9. The van der Waals surface area contributed by atoms with Gasteiger partial charge in [-0.25, -0.2) is 4.79 Å². The molecule has 4 heteroatoms. The van der Waals surface area contributed by atoms with Crippen molar-refractivity contribution < 1.29 is 14.3 Å². The molecule has 2 rings (SSSR count). The van der Waals surface area contributed by atoms with Crippen LogP contribution in [-0.2, 0) is 9.53 Å². The van der Waals surface area contributed by atoms with E-state index in [1.807, 2.05) is 20.8 Å². The quantitative estimate of drug-likeness (QED) is 0.652. The molecule has 0 spiro atoms. The average Bonchev–Trinajstić information content (AvgIpc) is 2.21. The van der Waals surface area contributed by atoms with Crippen LogP contribution in [0.2, 0.25) is 0 Å². The van der Waals surface area contributed by atoms with E-state index in [1.165, 1.54) is 0 Å². The van der Waals surface area contributed by atoms with Crippen molar-refractivity contribution >= 4 is 11.9 Å². The summed E-state index contributed by atoms with van der Waals surface area (Å²) in [5.74, 6) is 0.201. The van der Waals surface area contributed by atoms with Gasteiger partial charge < -0.3 is 4.74 Å². The number of amides is 1. The predicted molar refractivity (Wildman–Crippen MR) is 63.7 cm³/mol. The Morgan fingerprint density at radius 1 is 1.29 bits per heavy atom. The highest BCUT2D eigenvalue weighted by Crippen LogP contribution is 2.33. The van der Waals surface area contributed by atoms with Crippen LogP contribution in [0, 0.1) is 0 Å². The third kappa shape index (κ3) is 2.61. The number of hydrogen-bond donors (Lipinski definition) is 0. The zero-order valence-corrected chi connectivity index (χ0v) is 10.9. The molecule has 4 nitrogen and oxygen atoms in total. The Labute approximate surface area is 102 Å². The molecule has 0 saturated carbocycles. The number of carbonyl (C=O) groups is 2. The van der Waals surface area contributed by atoms with Crippen LogP contribution < -0.4 is 0 Å². The number of ether oxygens (including phenoxy) is 1. The Morgan fingerprint density at radius 3 is 2.65 bits per heavy atom. The van der Waals surface area contributed by atoms with Crippen LogP contribution in [0.15, 0.2) is 0 Å². The van der Waals surface area contributed by atoms with Crippen LogP contribution in [0.3, 0.4) is 0 Å². The summed E-state index contributed by atoms with van der Waals surface area (Å²) in [7, 11) is 0. The van der Waals surface area contributed by atoms with E-state index in [4.69, 9.17) is 4.74 Å². The Bertz CT molecular complexity index is 332. The summed E-state index contributed by atoms with van der Waals surface area (Å²) in [5, 5.41) is 0. The van der Waals surface area contributed by atoms with Crippen molar-refractivity contribution in [1.29, 1.82) is 0 Å². The molecule has 17 heavy (non-hydrogen) atoms. The smallest absolute Gasteiger partial charge is 0.411 e. The van der Waals surface area contributed by atoms with Gasteiger partial charge in [0.2, 0.25) is 0 Å². The van der Waals surface area contributed by atoms with E-state index < -0.39 is 5.60 Å². The summed E-state index contributed by atoms with van der Waals surface area (Å²) < 4.78 is 5.40. The fourth-order valence-electron chi connectivity index (χ4n) is 2.75. The van der Waals surface area contributed by atoms with Crippen LogP contribution in [0.1, 0.15) is 52.9 Å². The first-order valence-electron chi connectivity index (χ1n) is 6.42. The van der Waals surface area contributed by atoms with Gasteiger partial charge in [0.15, 0.2) is 5.78 Å². The number of ketones is 1. The summed E-state index contributed by atoms with van der Waals surface area (Å²) in [5.41, 5.74) is -0.494. The summed E-state index contributed by atoms with van der Waals surface area (Å²) in [4.78, 5) is 25.7. The molecule has 2 aliphatic rings. The van der Waals surface area contributed by atoms with Crippen LogP contribution in [0.25, 0.3) is 0 Å². The van der Waals surface area contributed by atoms with Crippen LogP contribution in [-0.4, -0.2) is 34.5 Å². The van der Waals surface area contributed by atoms with Gasteiger partial charge in [0, 0.05) is 12.5 Å². The maximum absolute atomic E-state index is 12.1. The molecule has 2 saturated heterocycles. The fraction of sp³-hybridized carbons (Fsp3) is 0.846. The SMILES string of the molecule is CC(C)(C)OC(=O)N1[C@@H]2CCC[C@@H]1C(=O)CC2. The minimum Gasteiger partial charge on any atom is -0.444 e. The highest BCUT2D eigenvalue weighted by atomic mass is 16.6. The molecular weight excluding hydrogens is 218 g/mol. The fourth-order valence-corrected chi connectivity index (χ4v) is 2.75. The van der Waals surface area contributed by atoms with E-state index in [2.05, 4.69) is 0 Å². The molecule has 2 aliphatic heterocycles.